The fourth-order valence-corrected chi connectivity index (χ4v) is 2.66. The van der Waals surface area contributed by atoms with Crippen molar-refractivity contribution in [2.45, 2.75) is 9.92 Å². The van der Waals surface area contributed by atoms with Crippen molar-refractivity contribution in [3.8, 4) is 11.5 Å². The summed E-state index contributed by atoms with van der Waals surface area (Å²) in [5.41, 5.74) is 5.55. The number of nitrogen functional groups attached to an aromatic ring is 1. The minimum Gasteiger partial charge on any atom is -0.486 e. The van der Waals surface area contributed by atoms with Crippen molar-refractivity contribution in [1.82, 2.24) is 9.97 Å². The Kier molecular flexibility index (Phi) is 3.35. The van der Waals surface area contributed by atoms with E-state index in [1.807, 2.05) is 18.2 Å². The van der Waals surface area contributed by atoms with E-state index in [1.165, 1.54) is 18.0 Å². The van der Waals surface area contributed by atoms with Crippen LogP contribution in [0, 0.1) is 0 Å². The molecule has 0 aliphatic carbocycles. The number of hydrogen-bond acceptors (Lipinski definition) is 6. The second kappa shape index (κ2) is 5.14. The van der Waals surface area contributed by atoms with Crippen LogP contribution in [-0.2, 0) is 0 Å². The van der Waals surface area contributed by atoms with Gasteiger partial charge in [0.1, 0.15) is 18.2 Å². The standard InChI is InChI=1S/C12H10ClN3O2S/c13-8-6-15-12(14)16-11(8)19-7-1-2-9-10(5-7)18-4-3-17-9/h1-2,5-6H,3-4H2,(H2,14,15,16). The van der Waals surface area contributed by atoms with E-state index >= 15 is 0 Å². The molecule has 0 saturated heterocycles. The number of hydrogen-bond donors (Lipinski definition) is 1. The molecule has 3 rings (SSSR count). The number of ether oxygens (including phenoxy) is 2. The Morgan fingerprint density at radius 2 is 2.00 bits per heavy atom. The van der Waals surface area contributed by atoms with Crippen LogP contribution in [0.15, 0.2) is 34.3 Å². The number of aromatic nitrogens is 2. The lowest BCUT2D eigenvalue weighted by Gasteiger charge is -2.18. The quantitative estimate of drug-likeness (QED) is 0.859. The Balaban J connectivity index is 1.89. The first kappa shape index (κ1) is 12.4. The second-order valence-corrected chi connectivity index (χ2v) is 5.26. The third-order valence-electron chi connectivity index (χ3n) is 2.46. The molecule has 0 spiro atoms. The summed E-state index contributed by atoms with van der Waals surface area (Å²) >= 11 is 7.43. The zero-order valence-corrected chi connectivity index (χ0v) is 11.4. The number of nitrogens with two attached hydrogens (primary N) is 1. The summed E-state index contributed by atoms with van der Waals surface area (Å²) in [5.74, 6) is 1.68. The van der Waals surface area contributed by atoms with Gasteiger partial charge < -0.3 is 15.2 Å². The molecule has 1 aliphatic heterocycles. The van der Waals surface area contributed by atoms with E-state index in [9.17, 15) is 0 Å². The lowest BCUT2D eigenvalue weighted by molar-refractivity contribution is 0.171. The van der Waals surface area contributed by atoms with E-state index in [1.54, 1.807) is 0 Å². The third-order valence-corrected chi connectivity index (χ3v) is 3.84. The largest absolute Gasteiger partial charge is 0.486 e. The lowest BCUT2D eigenvalue weighted by atomic mass is 10.3. The van der Waals surface area contributed by atoms with E-state index in [4.69, 9.17) is 26.8 Å². The van der Waals surface area contributed by atoms with Crippen molar-refractivity contribution >= 4 is 29.3 Å². The Morgan fingerprint density at radius 3 is 2.84 bits per heavy atom. The molecule has 0 fully saturated rings. The molecule has 1 aromatic carbocycles. The lowest BCUT2D eigenvalue weighted by Crippen LogP contribution is -2.15. The molecule has 5 nitrogen and oxygen atoms in total. The average molecular weight is 296 g/mol. The van der Waals surface area contributed by atoms with Crippen molar-refractivity contribution in [3.05, 3.63) is 29.4 Å². The van der Waals surface area contributed by atoms with Crippen LogP contribution < -0.4 is 15.2 Å². The molecular formula is C12H10ClN3O2S. The molecule has 2 heterocycles. The van der Waals surface area contributed by atoms with Crippen LogP contribution in [0.5, 0.6) is 11.5 Å². The van der Waals surface area contributed by atoms with Gasteiger partial charge in [0.15, 0.2) is 11.5 Å². The van der Waals surface area contributed by atoms with Crippen molar-refractivity contribution in [2.24, 2.45) is 0 Å². The average Bonchev–Trinajstić information content (AvgIpc) is 2.43. The molecule has 0 bridgehead atoms. The van der Waals surface area contributed by atoms with Crippen LogP contribution in [0.1, 0.15) is 0 Å². The van der Waals surface area contributed by atoms with Gasteiger partial charge in [-0.25, -0.2) is 9.97 Å². The predicted molar refractivity (Wildman–Crippen MR) is 73.0 cm³/mol. The Labute approximate surface area is 119 Å². The first-order chi connectivity index (χ1) is 9.22. The summed E-state index contributed by atoms with van der Waals surface area (Å²) in [5, 5.41) is 1.08. The number of halogens is 1. The van der Waals surface area contributed by atoms with Gasteiger partial charge in [0, 0.05) is 4.90 Å². The van der Waals surface area contributed by atoms with Gasteiger partial charge in [0.05, 0.1) is 11.2 Å². The highest BCUT2D eigenvalue weighted by molar-refractivity contribution is 7.99. The monoisotopic (exact) mass is 295 g/mol. The molecule has 19 heavy (non-hydrogen) atoms. The number of benzene rings is 1. The normalized spacial score (nSPS) is 13.3. The molecule has 2 N–H and O–H groups in total. The molecule has 0 amide bonds. The topological polar surface area (TPSA) is 70.3 Å². The molecule has 98 valence electrons. The van der Waals surface area contributed by atoms with Gasteiger partial charge in [-0.05, 0) is 18.2 Å². The molecule has 0 unspecified atom stereocenters. The van der Waals surface area contributed by atoms with Gasteiger partial charge in [0.2, 0.25) is 5.95 Å². The summed E-state index contributed by atoms with van der Waals surface area (Å²) in [6, 6.07) is 5.69. The zero-order valence-electron chi connectivity index (χ0n) is 9.80. The molecule has 0 atom stereocenters. The highest BCUT2D eigenvalue weighted by Gasteiger charge is 2.13. The molecule has 2 aromatic rings. The third kappa shape index (κ3) is 2.69. The van der Waals surface area contributed by atoms with E-state index in [-0.39, 0.29) is 5.95 Å². The van der Waals surface area contributed by atoms with E-state index in [0.717, 1.165) is 16.4 Å². The summed E-state index contributed by atoms with van der Waals surface area (Å²) in [6.07, 6.45) is 1.49. The Morgan fingerprint density at radius 1 is 1.21 bits per heavy atom. The summed E-state index contributed by atoms with van der Waals surface area (Å²) in [6.45, 7) is 1.14. The molecule has 7 heteroatoms. The van der Waals surface area contributed by atoms with Crippen molar-refractivity contribution in [1.29, 1.82) is 0 Å². The molecule has 0 radical (unpaired) electrons. The molecular weight excluding hydrogens is 286 g/mol. The van der Waals surface area contributed by atoms with Crippen LogP contribution in [0.25, 0.3) is 0 Å². The van der Waals surface area contributed by atoms with Crippen LogP contribution in [0.3, 0.4) is 0 Å². The maximum Gasteiger partial charge on any atom is 0.221 e. The minimum absolute atomic E-state index is 0.199. The van der Waals surface area contributed by atoms with Crippen molar-refractivity contribution < 1.29 is 9.47 Å². The van der Waals surface area contributed by atoms with Gasteiger partial charge in [-0.3, -0.25) is 0 Å². The Hall–Kier alpha value is -1.66. The number of rotatable bonds is 2. The summed E-state index contributed by atoms with van der Waals surface area (Å²) in [7, 11) is 0. The second-order valence-electron chi connectivity index (χ2n) is 3.79. The van der Waals surface area contributed by atoms with Gasteiger partial charge >= 0.3 is 0 Å². The van der Waals surface area contributed by atoms with E-state index < -0.39 is 0 Å². The zero-order chi connectivity index (χ0) is 13.2. The van der Waals surface area contributed by atoms with Crippen molar-refractivity contribution in [3.63, 3.8) is 0 Å². The molecule has 0 saturated carbocycles. The van der Waals surface area contributed by atoms with Crippen LogP contribution in [-0.4, -0.2) is 23.2 Å². The molecule has 1 aromatic heterocycles. The highest BCUT2D eigenvalue weighted by atomic mass is 35.5. The van der Waals surface area contributed by atoms with Crippen molar-refractivity contribution in [2.75, 3.05) is 18.9 Å². The first-order valence-electron chi connectivity index (χ1n) is 5.58. The van der Waals surface area contributed by atoms with Gasteiger partial charge in [-0.15, -0.1) is 0 Å². The van der Waals surface area contributed by atoms with Gasteiger partial charge in [0.25, 0.3) is 0 Å². The first-order valence-corrected chi connectivity index (χ1v) is 6.77. The Bertz CT molecular complexity index is 624. The van der Waals surface area contributed by atoms with E-state index in [0.29, 0.717) is 23.3 Å². The fraction of sp³-hybridized carbons (Fsp3) is 0.167. The van der Waals surface area contributed by atoms with Gasteiger partial charge in [-0.1, -0.05) is 23.4 Å². The smallest absolute Gasteiger partial charge is 0.221 e. The van der Waals surface area contributed by atoms with Crippen LogP contribution in [0.2, 0.25) is 5.02 Å². The minimum atomic E-state index is 0.199. The number of fused-ring (bicyclic) bond motifs is 1. The van der Waals surface area contributed by atoms with Gasteiger partial charge in [-0.2, -0.15) is 0 Å². The highest BCUT2D eigenvalue weighted by Crippen LogP contribution is 2.38. The maximum atomic E-state index is 6.03. The SMILES string of the molecule is Nc1ncc(Cl)c(Sc2ccc3c(c2)OCCO3)n1. The van der Waals surface area contributed by atoms with Crippen LogP contribution in [0.4, 0.5) is 5.95 Å². The van der Waals surface area contributed by atoms with E-state index in [2.05, 4.69) is 9.97 Å². The summed E-state index contributed by atoms with van der Waals surface area (Å²) in [4.78, 5) is 8.88. The predicted octanol–water partition coefficient (Wildman–Crippen LogP) is 2.63. The number of anilines is 1. The molecule has 1 aliphatic rings. The summed E-state index contributed by atoms with van der Waals surface area (Å²) < 4.78 is 11.0. The fourth-order valence-electron chi connectivity index (χ4n) is 1.63. The maximum absolute atomic E-state index is 6.03. The van der Waals surface area contributed by atoms with Crippen LogP contribution >= 0.6 is 23.4 Å². The number of nitrogens with zero attached hydrogens (tertiary/aromatic N) is 2.